The summed E-state index contributed by atoms with van der Waals surface area (Å²) in [5.41, 5.74) is 0.710. The fourth-order valence-electron chi connectivity index (χ4n) is 1.85. The van der Waals surface area contributed by atoms with E-state index in [1.165, 1.54) is 25.1 Å². The predicted molar refractivity (Wildman–Crippen MR) is 76.3 cm³/mol. The van der Waals surface area contributed by atoms with Crippen molar-refractivity contribution >= 4 is 29.5 Å². The van der Waals surface area contributed by atoms with Crippen LogP contribution < -0.4 is 0 Å². The van der Waals surface area contributed by atoms with Crippen LogP contribution in [0, 0.1) is 5.41 Å². The van der Waals surface area contributed by atoms with Gasteiger partial charge >= 0.3 is 5.97 Å². The predicted octanol–water partition coefficient (Wildman–Crippen LogP) is 1.10. The Balaban J connectivity index is 2.37. The fraction of sp³-hybridized carbons (Fsp3) is 0.143. The zero-order valence-corrected chi connectivity index (χ0v) is 11.2. The molecule has 1 aliphatic rings. The van der Waals surface area contributed by atoms with E-state index in [0.717, 1.165) is 4.90 Å². The van der Waals surface area contributed by atoms with Crippen LogP contribution in [0.3, 0.4) is 0 Å². The molecule has 1 aromatic carbocycles. The second kappa shape index (κ2) is 5.58. The summed E-state index contributed by atoms with van der Waals surface area (Å²) in [5.74, 6) is -1.61. The van der Waals surface area contributed by atoms with Crippen LogP contribution in [0.2, 0.25) is 0 Å². The number of nitrogens with one attached hydrogen (secondary N) is 1. The van der Waals surface area contributed by atoms with E-state index in [1.807, 2.05) is 0 Å². The maximum absolute atomic E-state index is 12.2. The number of carboxylic acid groups (broad SMARTS) is 1. The smallest absolute Gasteiger partial charge is 0.323 e. The van der Waals surface area contributed by atoms with Crippen molar-refractivity contribution in [2.75, 3.05) is 6.54 Å². The standard InChI is InChI=1S/C14H13N3O4/c1-8(15)13-16-11(14(21)17(13)7-12(19)20)6-9-2-4-10(18)5-3-9/h2-6,15,18H,7H2,1H3,(H,19,20)/b11-6-,15-8?. The zero-order chi connectivity index (χ0) is 15.6. The van der Waals surface area contributed by atoms with Gasteiger partial charge in [-0.1, -0.05) is 12.1 Å². The van der Waals surface area contributed by atoms with Gasteiger partial charge in [-0.2, -0.15) is 0 Å². The van der Waals surface area contributed by atoms with Crippen LogP contribution in [0.5, 0.6) is 5.75 Å². The summed E-state index contributed by atoms with van der Waals surface area (Å²) in [6.07, 6.45) is 1.48. The molecule has 0 unspecified atom stereocenters. The van der Waals surface area contributed by atoms with Gasteiger partial charge < -0.3 is 15.6 Å². The minimum atomic E-state index is -1.18. The van der Waals surface area contributed by atoms with Crippen molar-refractivity contribution in [2.24, 2.45) is 4.99 Å². The van der Waals surface area contributed by atoms with Crippen LogP contribution in [-0.2, 0) is 9.59 Å². The van der Waals surface area contributed by atoms with Gasteiger partial charge in [-0.3, -0.25) is 14.5 Å². The first-order valence-electron chi connectivity index (χ1n) is 6.07. The Morgan fingerprint density at radius 1 is 1.38 bits per heavy atom. The lowest BCUT2D eigenvalue weighted by Gasteiger charge is -2.14. The van der Waals surface area contributed by atoms with Crippen LogP contribution >= 0.6 is 0 Å². The van der Waals surface area contributed by atoms with E-state index in [2.05, 4.69) is 4.99 Å². The van der Waals surface area contributed by atoms with E-state index in [-0.39, 0.29) is 23.0 Å². The number of aliphatic carboxylic acids is 1. The van der Waals surface area contributed by atoms with E-state index in [4.69, 9.17) is 10.5 Å². The third-order valence-corrected chi connectivity index (χ3v) is 2.77. The maximum atomic E-state index is 12.2. The Labute approximate surface area is 120 Å². The highest BCUT2D eigenvalue weighted by Crippen LogP contribution is 2.20. The van der Waals surface area contributed by atoms with Crippen molar-refractivity contribution in [1.29, 1.82) is 5.41 Å². The lowest BCUT2D eigenvalue weighted by molar-refractivity contribution is -0.140. The summed E-state index contributed by atoms with van der Waals surface area (Å²) in [6, 6.07) is 6.13. The van der Waals surface area contributed by atoms with Gasteiger partial charge in [0.2, 0.25) is 0 Å². The monoisotopic (exact) mass is 287 g/mol. The Hall–Kier alpha value is -2.96. The molecular weight excluding hydrogens is 274 g/mol. The number of benzene rings is 1. The number of hydrogen-bond donors (Lipinski definition) is 3. The molecule has 0 atom stereocenters. The molecule has 0 aromatic heterocycles. The summed E-state index contributed by atoms with van der Waals surface area (Å²) in [7, 11) is 0. The second-order valence-electron chi connectivity index (χ2n) is 4.47. The Morgan fingerprint density at radius 2 is 2.00 bits per heavy atom. The quantitative estimate of drug-likeness (QED) is 0.568. The summed E-state index contributed by atoms with van der Waals surface area (Å²) in [6.45, 7) is 0.894. The number of amides is 1. The van der Waals surface area contributed by atoms with E-state index in [0.29, 0.717) is 5.56 Å². The number of carbonyl (C=O) groups is 2. The second-order valence-corrected chi connectivity index (χ2v) is 4.47. The number of carboxylic acids is 1. The summed E-state index contributed by atoms with van der Waals surface area (Å²) in [4.78, 5) is 27.9. The maximum Gasteiger partial charge on any atom is 0.323 e. The van der Waals surface area contributed by atoms with Crippen LogP contribution in [0.1, 0.15) is 12.5 Å². The highest BCUT2D eigenvalue weighted by Gasteiger charge is 2.32. The molecule has 3 N–H and O–H groups in total. The van der Waals surface area contributed by atoms with Crippen molar-refractivity contribution in [1.82, 2.24) is 4.90 Å². The molecule has 21 heavy (non-hydrogen) atoms. The van der Waals surface area contributed by atoms with Crippen LogP contribution in [0.25, 0.3) is 6.08 Å². The van der Waals surface area contributed by atoms with E-state index in [9.17, 15) is 14.7 Å². The Morgan fingerprint density at radius 3 is 2.52 bits per heavy atom. The minimum absolute atomic E-state index is 0.0127. The number of nitrogens with zero attached hydrogens (tertiary/aromatic N) is 2. The van der Waals surface area contributed by atoms with Crippen LogP contribution in [0.4, 0.5) is 0 Å². The van der Waals surface area contributed by atoms with Crippen molar-refractivity contribution in [3.63, 3.8) is 0 Å². The molecule has 0 saturated heterocycles. The topological polar surface area (TPSA) is 114 Å². The van der Waals surface area contributed by atoms with Crippen LogP contribution in [0.15, 0.2) is 35.0 Å². The number of phenols is 1. The average Bonchev–Trinajstić information content (AvgIpc) is 2.70. The molecule has 2 rings (SSSR count). The molecule has 1 heterocycles. The fourth-order valence-corrected chi connectivity index (χ4v) is 1.85. The van der Waals surface area contributed by atoms with E-state index < -0.39 is 18.4 Å². The number of amidine groups is 1. The molecule has 108 valence electrons. The summed E-state index contributed by atoms with van der Waals surface area (Å²) >= 11 is 0. The Kier molecular flexibility index (Phi) is 3.84. The number of aliphatic imine (C=N–C) groups is 1. The third-order valence-electron chi connectivity index (χ3n) is 2.77. The number of phenolic OH excluding ortho intramolecular Hbond substituents is 1. The van der Waals surface area contributed by atoms with Gasteiger partial charge in [-0.25, -0.2) is 4.99 Å². The molecule has 1 aromatic rings. The first kappa shape index (κ1) is 14.4. The lowest BCUT2D eigenvalue weighted by atomic mass is 10.2. The van der Waals surface area contributed by atoms with Gasteiger partial charge in [-0.15, -0.1) is 0 Å². The number of hydrogen-bond acceptors (Lipinski definition) is 5. The average molecular weight is 287 g/mol. The van der Waals surface area contributed by atoms with Crippen LogP contribution in [-0.4, -0.2) is 45.1 Å². The van der Waals surface area contributed by atoms with Gasteiger partial charge in [0.25, 0.3) is 5.91 Å². The zero-order valence-electron chi connectivity index (χ0n) is 11.2. The SMILES string of the molecule is CC(=N)C1=N/C(=C\c2ccc(O)cc2)C(=O)N1CC(=O)O. The van der Waals surface area contributed by atoms with Crippen molar-refractivity contribution in [3.8, 4) is 5.75 Å². The molecule has 0 radical (unpaired) electrons. The highest BCUT2D eigenvalue weighted by molar-refractivity contribution is 6.45. The van der Waals surface area contributed by atoms with E-state index in [1.54, 1.807) is 12.1 Å². The lowest BCUT2D eigenvalue weighted by Crippen LogP contribution is -2.39. The van der Waals surface area contributed by atoms with Crippen molar-refractivity contribution < 1.29 is 19.8 Å². The minimum Gasteiger partial charge on any atom is -0.508 e. The molecule has 0 saturated carbocycles. The third kappa shape index (κ3) is 3.14. The number of carbonyl (C=O) groups excluding carboxylic acids is 1. The molecule has 7 heteroatoms. The van der Waals surface area contributed by atoms with Gasteiger partial charge in [0.15, 0.2) is 5.84 Å². The largest absolute Gasteiger partial charge is 0.508 e. The summed E-state index contributed by atoms with van der Waals surface area (Å²) in [5, 5.41) is 25.6. The molecule has 1 amide bonds. The van der Waals surface area contributed by atoms with E-state index >= 15 is 0 Å². The normalized spacial score (nSPS) is 16.2. The summed E-state index contributed by atoms with van der Waals surface area (Å²) < 4.78 is 0. The first-order valence-corrected chi connectivity index (χ1v) is 6.07. The number of rotatable bonds is 4. The van der Waals surface area contributed by atoms with Gasteiger partial charge in [-0.05, 0) is 30.7 Å². The molecule has 1 aliphatic heterocycles. The Bertz CT molecular complexity index is 674. The van der Waals surface area contributed by atoms with Gasteiger partial charge in [0.05, 0.1) is 5.71 Å². The highest BCUT2D eigenvalue weighted by atomic mass is 16.4. The van der Waals surface area contributed by atoms with Gasteiger partial charge in [0, 0.05) is 0 Å². The van der Waals surface area contributed by atoms with Crippen molar-refractivity contribution in [3.05, 3.63) is 35.5 Å². The molecule has 0 spiro atoms. The first-order chi connectivity index (χ1) is 9.88. The number of aromatic hydroxyl groups is 1. The molecule has 0 aliphatic carbocycles. The molecule has 7 nitrogen and oxygen atoms in total. The van der Waals surface area contributed by atoms with Crippen molar-refractivity contribution in [2.45, 2.75) is 6.92 Å². The van der Waals surface area contributed by atoms with Gasteiger partial charge in [0.1, 0.15) is 18.0 Å². The molecule has 0 bridgehead atoms. The molecule has 0 fully saturated rings. The molecular formula is C14H13N3O4.